The highest BCUT2D eigenvalue weighted by Crippen LogP contribution is 2.31. The number of rotatable bonds is 5. The van der Waals surface area contributed by atoms with Gasteiger partial charge in [-0.15, -0.1) is 0 Å². The van der Waals surface area contributed by atoms with Crippen LogP contribution in [0.4, 0.5) is 5.69 Å². The molecule has 1 aromatic rings. The van der Waals surface area contributed by atoms with Crippen molar-refractivity contribution < 1.29 is 4.79 Å². The monoisotopic (exact) mass is 342 g/mol. The summed E-state index contributed by atoms with van der Waals surface area (Å²) in [5.74, 6) is 1.02. The Labute approximate surface area is 150 Å². The van der Waals surface area contributed by atoms with Crippen LogP contribution in [0.25, 0.3) is 0 Å². The van der Waals surface area contributed by atoms with Gasteiger partial charge in [-0.05, 0) is 50.3 Å². The van der Waals surface area contributed by atoms with Crippen LogP contribution in [0.2, 0.25) is 0 Å². The standard InChI is InChI=1S/C20H30N4O/c1-23(14-18-16-8-4-9-17(16)21-22-18)13-11-20(25)24-12-5-7-15-6-2-3-10-19(15)24/h2-3,6,10,16-18,21-22H,4-5,7-9,11-14H2,1H3. The van der Waals surface area contributed by atoms with E-state index in [4.69, 9.17) is 0 Å². The van der Waals surface area contributed by atoms with Crippen molar-refractivity contribution in [2.45, 2.75) is 50.6 Å². The first-order valence-electron chi connectivity index (χ1n) is 9.80. The zero-order valence-electron chi connectivity index (χ0n) is 15.2. The third-order valence-corrected chi connectivity index (χ3v) is 6.17. The highest BCUT2D eigenvalue weighted by Gasteiger charge is 2.39. The van der Waals surface area contributed by atoms with Crippen LogP contribution in [0.15, 0.2) is 24.3 Å². The largest absolute Gasteiger partial charge is 0.312 e. The molecule has 0 radical (unpaired) electrons. The van der Waals surface area contributed by atoms with Crippen LogP contribution in [-0.2, 0) is 11.2 Å². The molecular formula is C20H30N4O. The molecular weight excluding hydrogens is 312 g/mol. The van der Waals surface area contributed by atoms with Gasteiger partial charge in [0.05, 0.1) is 0 Å². The third kappa shape index (κ3) is 3.59. The normalized spacial score (nSPS) is 28.2. The van der Waals surface area contributed by atoms with Crippen molar-refractivity contribution in [2.75, 3.05) is 31.6 Å². The maximum absolute atomic E-state index is 12.8. The molecule has 0 aromatic heterocycles. The van der Waals surface area contributed by atoms with E-state index < -0.39 is 0 Å². The molecule has 5 nitrogen and oxygen atoms in total. The number of likely N-dealkylation sites (N-methyl/N-ethyl adjacent to an activating group) is 1. The smallest absolute Gasteiger partial charge is 0.228 e. The molecule has 1 saturated carbocycles. The molecule has 2 fully saturated rings. The maximum atomic E-state index is 12.8. The van der Waals surface area contributed by atoms with Crippen LogP contribution in [-0.4, -0.2) is 49.6 Å². The van der Waals surface area contributed by atoms with Gasteiger partial charge < -0.3 is 9.80 Å². The maximum Gasteiger partial charge on any atom is 0.228 e. The van der Waals surface area contributed by atoms with Gasteiger partial charge in [-0.1, -0.05) is 24.6 Å². The Hall–Kier alpha value is -1.43. The van der Waals surface area contributed by atoms with Gasteiger partial charge in [0.1, 0.15) is 0 Å². The highest BCUT2D eigenvalue weighted by molar-refractivity contribution is 5.94. The van der Waals surface area contributed by atoms with Gasteiger partial charge in [0, 0.05) is 43.8 Å². The number of carbonyl (C=O) groups is 1. The van der Waals surface area contributed by atoms with Crippen molar-refractivity contribution in [3.63, 3.8) is 0 Å². The fourth-order valence-corrected chi connectivity index (χ4v) is 4.79. The van der Waals surface area contributed by atoms with Crippen molar-refractivity contribution in [3.8, 4) is 0 Å². The van der Waals surface area contributed by atoms with Crippen molar-refractivity contribution in [1.82, 2.24) is 15.8 Å². The molecule has 0 spiro atoms. The molecule has 3 atom stereocenters. The number of hydrogen-bond donors (Lipinski definition) is 2. The first-order valence-corrected chi connectivity index (χ1v) is 9.80. The quantitative estimate of drug-likeness (QED) is 0.858. The van der Waals surface area contributed by atoms with Gasteiger partial charge in [-0.2, -0.15) is 0 Å². The fraction of sp³-hybridized carbons (Fsp3) is 0.650. The predicted octanol–water partition coefficient (Wildman–Crippen LogP) is 1.93. The molecule has 2 N–H and O–H groups in total. The number of amides is 1. The van der Waals surface area contributed by atoms with Gasteiger partial charge in [-0.25, -0.2) is 0 Å². The summed E-state index contributed by atoms with van der Waals surface area (Å²) >= 11 is 0. The number of hydrogen-bond acceptors (Lipinski definition) is 4. The summed E-state index contributed by atoms with van der Waals surface area (Å²) in [5.41, 5.74) is 9.35. The second kappa shape index (κ2) is 7.44. The Morgan fingerprint density at radius 3 is 3.04 bits per heavy atom. The molecule has 25 heavy (non-hydrogen) atoms. The highest BCUT2D eigenvalue weighted by atomic mass is 16.2. The Bertz CT molecular complexity index is 619. The average molecular weight is 342 g/mol. The third-order valence-electron chi connectivity index (χ3n) is 6.17. The molecule has 2 aliphatic heterocycles. The van der Waals surface area contributed by atoms with E-state index >= 15 is 0 Å². The van der Waals surface area contributed by atoms with Crippen molar-refractivity contribution >= 4 is 11.6 Å². The number of aryl methyl sites for hydroxylation is 1. The molecule has 1 aromatic carbocycles. The minimum Gasteiger partial charge on any atom is -0.312 e. The van der Waals surface area contributed by atoms with E-state index in [-0.39, 0.29) is 5.91 Å². The molecule has 3 unspecified atom stereocenters. The number of fused-ring (bicyclic) bond motifs is 2. The molecule has 1 amide bonds. The lowest BCUT2D eigenvalue weighted by Gasteiger charge is -2.30. The number of carbonyl (C=O) groups excluding carboxylic acids is 1. The summed E-state index contributed by atoms with van der Waals surface area (Å²) in [5, 5.41) is 0. The summed E-state index contributed by atoms with van der Waals surface area (Å²) < 4.78 is 0. The average Bonchev–Trinajstić information content (AvgIpc) is 3.24. The van der Waals surface area contributed by atoms with E-state index in [2.05, 4.69) is 41.0 Å². The summed E-state index contributed by atoms with van der Waals surface area (Å²) in [6, 6.07) is 9.52. The molecule has 1 saturated heterocycles. The Morgan fingerprint density at radius 2 is 2.12 bits per heavy atom. The van der Waals surface area contributed by atoms with Crippen molar-refractivity contribution in [1.29, 1.82) is 0 Å². The van der Waals surface area contributed by atoms with Gasteiger partial charge >= 0.3 is 0 Å². The van der Waals surface area contributed by atoms with E-state index in [0.717, 1.165) is 44.1 Å². The lowest BCUT2D eigenvalue weighted by Crippen LogP contribution is -2.43. The van der Waals surface area contributed by atoms with Crippen LogP contribution < -0.4 is 15.8 Å². The number of anilines is 1. The molecule has 2 heterocycles. The molecule has 4 rings (SSSR count). The molecule has 5 heteroatoms. The minimum atomic E-state index is 0.259. The van der Waals surface area contributed by atoms with E-state index in [0.29, 0.717) is 18.5 Å². The summed E-state index contributed by atoms with van der Waals surface area (Å²) in [6.45, 7) is 2.70. The van der Waals surface area contributed by atoms with E-state index in [1.807, 2.05) is 11.0 Å². The summed E-state index contributed by atoms with van der Waals surface area (Å²) in [4.78, 5) is 17.1. The van der Waals surface area contributed by atoms with E-state index in [1.54, 1.807) is 0 Å². The number of nitrogens with zero attached hydrogens (tertiary/aromatic N) is 2. The number of para-hydroxylation sites is 1. The molecule has 0 bridgehead atoms. The lowest BCUT2D eigenvalue weighted by atomic mass is 9.97. The topological polar surface area (TPSA) is 47.6 Å². The second-order valence-electron chi connectivity index (χ2n) is 7.89. The van der Waals surface area contributed by atoms with Crippen LogP contribution in [0.3, 0.4) is 0 Å². The minimum absolute atomic E-state index is 0.259. The summed E-state index contributed by atoms with van der Waals surface area (Å²) in [7, 11) is 2.14. The van der Waals surface area contributed by atoms with Gasteiger partial charge in [-0.3, -0.25) is 15.6 Å². The fourth-order valence-electron chi connectivity index (χ4n) is 4.79. The van der Waals surface area contributed by atoms with Gasteiger partial charge in [0.15, 0.2) is 0 Å². The lowest BCUT2D eigenvalue weighted by molar-refractivity contribution is -0.119. The van der Waals surface area contributed by atoms with Crippen LogP contribution >= 0.6 is 0 Å². The van der Waals surface area contributed by atoms with Crippen LogP contribution in [0.5, 0.6) is 0 Å². The second-order valence-corrected chi connectivity index (χ2v) is 7.89. The van der Waals surface area contributed by atoms with Gasteiger partial charge in [0.2, 0.25) is 5.91 Å². The van der Waals surface area contributed by atoms with Gasteiger partial charge in [0.25, 0.3) is 0 Å². The molecule has 1 aliphatic carbocycles. The first-order chi connectivity index (χ1) is 12.2. The SMILES string of the molecule is CN(CCC(=O)N1CCCc2ccccc21)CC1NNC2CCCC21. The Morgan fingerprint density at radius 1 is 1.24 bits per heavy atom. The Balaban J connectivity index is 1.29. The van der Waals surface area contributed by atoms with Crippen LogP contribution in [0, 0.1) is 5.92 Å². The zero-order valence-corrected chi connectivity index (χ0v) is 15.2. The van der Waals surface area contributed by atoms with E-state index in [9.17, 15) is 4.79 Å². The van der Waals surface area contributed by atoms with Crippen LogP contribution in [0.1, 0.15) is 37.7 Å². The van der Waals surface area contributed by atoms with E-state index in [1.165, 1.54) is 24.8 Å². The predicted molar refractivity (Wildman–Crippen MR) is 100 cm³/mol. The van der Waals surface area contributed by atoms with Crippen molar-refractivity contribution in [2.24, 2.45) is 5.92 Å². The summed E-state index contributed by atoms with van der Waals surface area (Å²) in [6.07, 6.45) is 6.72. The first kappa shape index (κ1) is 17.0. The zero-order chi connectivity index (χ0) is 17.2. The Kier molecular flexibility index (Phi) is 5.06. The molecule has 3 aliphatic rings. The number of benzene rings is 1. The number of hydrazine groups is 1. The number of nitrogens with one attached hydrogen (secondary N) is 2. The molecule has 136 valence electrons. The van der Waals surface area contributed by atoms with Crippen molar-refractivity contribution in [3.05, 3.63) is 29.8 Å².